The quantitative estimate of drug-likeness (QED) is 0.679. The summed E-state index contributed by atoms with van der Waals surface area (Å²) in [5, 5.41) is 21.0. The van der Waals surface area contributed by atoms with E-state index in [1.54, 1.807) is 0 Å². The highest BCUT2D eigenvalue weighted by atomic mass is 16.5. The minimum atomic E-state index is -0.223. The highest BCUT2D eigenvalue weighted by Gasteiger charge is 2.31. The first kappa shape index (κ1) is 16.4. The average molecular weight is 327 g/mol. The molecule has 3 rings (SSSR count). The van der Waals surface area contributed by atoms with Crippen LogP contribution >= 0.6 is 0 Å². The van der Waals surface area contributed by atoms with Gasteiger partial charge in [0.1, 0.15) is 18.2 Å². The van der Waals surface area contributed by atoms with Crippen LogP contribution in [-0.2, 0) is 4.74 Å². The molecule has 25 heavy (non-hydrogen) atoms. The van der Waals surface area contributed by atoms with E-state index in [-0.39, 0.29) is 23.6 Å². The standard InChI is InChI=1S/C21H17N3O/c1-15-20(25-21(24-15)19(13-22)14-23)18-11-9-17(10-12-18)8-7-16-5-3-2-4-6-16/h2-12,15,20,24H,1H3/b8-7+/t15-,20+/m1/s1. The molecule has 1 aliphatic rings. The fourth-order valence-corrected chi connectivity index (χ4v) is 2.71. The van der Waals surface area contributed by atoms with Gasteiger partial charge in [-0.3, -0.25) is 0 Å². The molecular weight excluding hydrogens is 310 g/mol. The second-order valence-corrected chi connectivity index (χ2v) is 5.81. The van der Waals surface area contributed by atoms with Crippen LogP contribution in [0.1, 0.15) is 29.7 Å². The highest BCUT2D eigenvalue weighted by molar-refractivity contribution is 5.69. The number of hydrogen-bond donors (Lipinski definition) is 1. The Bertz CT molecular complexity index is 867. The average Bonchev–Trinajstić information content (AvgIpc) is 3.04. The normalized spacial score (nSPS) is 18.9. The van der Waals surface area contributed by atoms with Crippen molar-refractivity contribution in [3.63, 3.8) is 0 Å². The molecule has 4 nitrogen and oxygen atoms in total. The third-order valence-corrected chi connectivity index (χ3v) is 4.04. The number of ether oxygens (including phenoxy) is 1. The van der Waals surface area contributed by atoms with Crippen LogP contribution in [0.15, 0.2) is 66.1 Å². The van der Waals surface area contributed by atoms with Gasteiger partial charge in [0.2, 0.25) is 5.88 Å². The molecule has 0 amide bonds. The number of nitriles is 2. The monoisotopic (exact) mass is 327 g/mol. The lowest BCUT2D eigenvalue weighted by molar-refractivity contribution is 0.154. The van der Waals surface area contributed by atoms with Gasteiger partial charge in [0.15, 0.2) is 5.57 Å². The maximum Gasteiger partial charge on any atom is 0.217 e. The summed E-state index contributed by atoms with van der Waals surface area (Å²) < 4.78 is 5.78. The van der Waals surface area contributed by atoms with Gasteiger partial charge in [-0.2, -0.15) is 10.5 Å². The van der Waals surface area contributed by atoms with Gasteiger partial charge in [0, 0.05) is 0 Å². The van der Waals surface area contributed by atoms with E-state index in [0.717, 1.165) is 16.7 Å². The van der Waals surface area contributed by atoms with Crippen LogP contribution in [0.4, 0.5) is 0 Å². The van der Waals surface area contributed by atoms with Crippen LogP contribution in [0.5, 0.6) is 0 Å². The Balaban J connectivity index is 1.75. The summed E-state index contributed by atoms with van der Waals surface area (Å²) in [5.74, 6) is 0.260. The molecule has 1 aliphatic heterocycles. The van der Waals surface area contributed by atoms with Crippen molar-refractivity contribution in [1.82, 2.24) is 5.32 Å². The van der Waals surface area contributed by atoms with E-state index in [0.29, 0.717) is 0 Å². The Morgan fingerprint density at radius 2 is 1.56 bits per heavy atom. The van der Waals surface area contributed by atoms with Crippen LogP contribution < -0.4 is 5.32 Å². The van der Waals surface area contributed by atoms with E-state index >= 15 is 0 Å². The largest absolute Gasteiger partial charge is 0.467 e. The van der Waals surface area contributed by atoms with Crippen LogP contribution in [0.2, 0.25) is 0 Å². The van der Waals surface area contributed by atoms with Gasteiger partial charge in [-0.25, -0.2) is 0 Å². The molecule has 0 saturated carbocycles. The third kappa shape index (κ3) is 3.71. The minimum absolute atomic E-state index is 0.0163. The number of nitrogens with zero attached hydrogens (tertiary/aromatic N) is 2. The molecule has 2 aromatic rings. The third-order valence-electron chi connectivity index (χ3n) is 4.04. The summed E-state index contributed by atoms with van der Waals surface area (Å²) in [4.78, 5) is 0. The molecule has 2 atom stereocenters. The van der Waals surface area contributed by atoms with E-state index < -0.39 is 0 Å². The molecule has 0 spiro atoms. The fourth-order valence-electron chi connectivity index (χ4n) is 2.71. The first-order valence-electron chi connectivity index (χ1n) is 8.02. The van der Waals surface area contributed by atoms with Crippen molar-refractivity contribution >= 4 is 12.2 Å². The molecule has 0 unspecified atom stereocenters. The Labute approximate surface area is 147 Å². The zero-order valence-corrected chi connectivity index (χ0v) is 13.8. The number of benzene rings is 2. The molecule has 0 radical (unpaired) electrons. The van der Waals surface area contributed by atoms with Crippen molar-refractivity contribution in [2.45, 2.75) is 19.1 Å². The van der Waals surface area contributed by atoms with E-state index in [1.165, 1.54) is 0 Å². The lowest BCUT2D eigenvalue weighted by atomic mass is 10.0. The number of hydrogen-bond acceptors (Lipinski definition) is 4. The maximum absolute atomic E-state index is 8.96. The van der Waals surface area contributed by atoms with Crippen molar-refractivity contribution in [3.8, 4) is 12.1 Å². The lowest BCUT2D eigenvalue weighted by Crippen LogP contribution is -2.21. The van der Waals surface area contributed by atoms with Crippen molar-refractivity contribution < 1.29 is 4.74 Å². The summed E-state index contributed by atoms with van der Waals surface area (Å²) in [6.45, 7) is 1.97. The first-order valence-corrected chi connectivity index (χ1v) is 8.02. The van der Waals surface area contributed by atoms with E-state index in [1.807, 2.05) is 61.5 Å². The lowest BCUT2D eigenvalue weighted by Gasteiger charge is -2.13. The Hall–Kier alpha value is -3.50. The molecule has 1 saturated heterocycles. The number of allylic oxidation sites excluding steroid dienone is 1. The van der Waals surface area contributed by atoms with Gasteiger partial charge < -0.3 is 10.1 Å². The Morgan fingerprint density at radius 1 is 0.960 bits per heavy atom. The summed E-state index contributed by atoms with van der Waals surface area (Å²) in [5.41, 5.74) is 3.22. The molecule has 2 aromatic carbocycles. The molecule has 0 aromatic heterocycles. The molecule has 1 heterocycles. The second kappa shape index (κ2) is 7.38. The Kier molecular flexibility index (Phi) is 4.83. The second-order valence-electron chi connectivity index (χ2n) is 5.81. The van der Waals surface area contributed by atoms with Gasteiger partial charge in [-0.1, -0.05) is 66.7 Å². The van der Waals surface area contributed by atoms with Crippen LogP contribution in [0, 0.1) is 22.7 Å². The molecule has 0 aliphatic carbocycles. The van der Waals surface area contributed by atoms with Gasteiger partial charge in [0.05, 0.1) is 6.04 Å². The van der Waals surface area contributed by atoms with Gasteiger partial charge in [0.25, 0.3) is 0 Å². The number of nitrogens with one attached hydrogen (secondary N) is 1. The zero-order chi connectivity index (χ0) is 17.6. The summed E-state index contributed by atoms with van der Waals surface area (Å²) >= 11 is 0. The topological polar surface area (TPSA) is 68.8 Å². The smallest absolute Gasteiger partial charge is 0.217 e. The van der Waals surface area contributed by atoms with Crippen LogP contribution in [-0.4, -0.2) is 6.04 Å². The molecular formula is C21H17N3O. The molecule has 1 fully saturated rings. The summed E-state index contributed by atoms with van der Waals surface area (Å²) in [7, 11) is 0. The molecule has 1 N–H and O–H groups in total. The molecule has 4 heteroatoms. The van der Waals surface area contributed by atoms with Gasteiger partial charge in [-0.15, -0.1) is 0 Å². The summed E-state index contributed by atoms with van der Waals surface area (Å²) in [6.07, 6.45) is 3.90. The minimum Gasteiger partial charge on any atom is -0.467 e. The highest BCUT2D eigenvalue weighted by Crippen LogP contribution is 2.31. The first-order chi connectivity index (χ1) is 12.2. The molecule has 122 valence electrons. The van der Waals surface area contributed by atoms with Crippen LogP contribution in [0.25, 0.3) is 12.2 Å². The van der Waals surface area contributed by atoms with Crippen molar-refractivity contribution in [1.29, 1.82) is 10.5 Å². The summed E-state index contributed by atoms with van der Waals surface area (Å²) in [6, 6.07) is 21.9. The molecule has 0 bridgehead atoms. The van der Waals surface area contributed by atoms with Crippen molar-refractivity contribution in [2.24, 2.45) is 0 Å². The van der Waals surface area contributed by atoms with Crippen LogP contribution in [0.3, 0.4) is 0 Å². The SMILES string of the molecule is C[C@H]1NC(=C(C#N)C#N)O[C@@H]1c1ccc(/C=C/c2ccccc2)cc1. The maximum atomic E-state index is 8.96. The van der Waals surface area contributed by atoms with E-state index in [2.05, 4.69) is 29.6 Å². The van der Waals surface area contributed by atoms with Crippen molar-refractivity contribution in [2.75, 3.05) is 0 Å². The number of rotatable bonds is 3. The van der Waals surface area contributed by atoms with Crippen molar-refractivity contribution in [3.05, 3.63) is 82.7 Å². The predicted molar refractivity (Wildman–Crippen MR) is 96.5 cm³/mol. The van der Waals surface area contributed by atoms with E-state index in [9.17, 15) is 0 Å². The zero-order valence-electron chi connectivity index (χ0n) is 13.8. The Morgan fingerprint density at radius 3 is 2.16 bits per heavy atom. The predicted octanol–water partition coefficient (Wildman–Crippen LogP) is 4.17. The van der Waals surface area contributed by atoms with Gasteiger partial charge >= 0.3 is 0 Å². The van der Waals surface area contributed by atoms with E-state index in [4.69, 9.17) is 15.3 Å². The fraction of sp³-hybridized carbons (Fsp3) is 0.143. The van der Waals surface area contributed by atoms with Gasteiger partial charge in [-0.05, 0) is 23.6 Å².